The molecule has 1 atom stereocenters. The van der Waals surface area contributed by atoms with Crippen LogP contribution in [0.3, 0.4) is 0 Å². The van der Waals surface area contributed by atoms with Crippen molar-refractivity contribution in [2.24, 2.45) is 0 Å². The summed E-state index contributed by atoms with van der Waals surface area (Å²) in [4.78, 5) is 43.7. The molecule has 1 N–H and O–H groups in total. The highest BCUT2D eigenvalue weighted by Crippen LogP contribution is 2.22. The molecule has 3 amide bonds. The Labute approximate surface area is 172 Å². The Morgan fingerprint density at radius 3 is 2.68 bits per heavy atom. The number of amides is 3. The fraction of sp³-hybridized carbons (Fsp3) is 0.556. The average Bonchev–Trinajstić information content (AvgIpc) is 3.02. The molecule has 0 radical (unpaired) electrons. The van der Waals surface area contributed by atoms with E-state index in [9.17, 15) is 14.4 Å². The van der Waals surface area contributed by atoms with Gasteiger partial charge in [0.05, 0.1) is 23.1 Å². The highest BCUT2D eigenvalue weighted by Gasteiger charge is 2.36. The minimum Gasteiger partial charge on any atom is -0.444 e. The van der Waals surface area contributed by atoms with E-state index in [4.69, 9.17) is 16.3 Å². The molecular formula is C18H23ClN4O4S. The fourth-order valence-electron chi connectivity index (χ4n) is 3.30. The Morgan fingerprint density at radius 2 is 2.07 bits per heavy atom. The summed E-state index contributed by atoms with van der Waals surface area (Å²) in [5.74, 6) is 0.642. The molecule has 3 rings (SSSR count). The number of halogens is 1. The molecule has 0 spiro atoms. The molecule has 2 aliphatic rings. The number of ether oxygens (including phenoxy) is 1. The van der Waals surface area contributed by atoms with Crippen LogP contribution in [0.25, 0.3) is 0 Å². The summed E-state index contributed by atoms with van der Waals surface area (Å²) in [5, 5.41) is 3.16. The van der Waals surface area contributed by atoms with E-state index < -0.39 is 0 Å². The molecular weight excluding hydrogens is 404 g/mol. The van der Waals surface area contributed by atoms with Gasteiger partial charge in [-0.3, -0.25) is 9.59 Å². The number of thioether (sulfide) groups is 1. The van der Waals surface area contributed by atoms with Crippen molar-refractivity contribution in [1.82, 2.24) is 14.8 Å². The molecule has 0 saturated carbocycles. The Morgan fingerprint density at radius 1 is 1.32 bits per heavy atom. The molecule has 8 nitrogen and oxygen atoms in total. The van der Waals surface area contributed by atoms with Crippen molar-refractivity contribution in [2.75, 3.05) is 36.5 Å². The number of carbonyl (C=O) groups is 3. The van der Waals surface area contributed by atoms with Gasteiger partial charge in [0.2, 0.25) is 11.8 Å². The standard InChI is InChI=1S/C18H23ClN4O4S/c1-12-9-23(18(26)27-12)14-4-6-22(7-5-14)17(25)11-28-10-16(24)21-15-3-2-13(19)8-20-15/h2-3,8,12,14H,4-7,9-11H2,1H3,(H,20,21,24). The van der Waals surface area contributed by atoms with Crippen LogP contribution in [0.4, 0.5) is 10.6 Å². The van der Waals surface area contributed by atoms with Gasteiger partial charge in [-0.2, -0.15) is 0 Å². The number of nitrogens with one attached hydrogen (secondary N) is 1. The van der Waals surface area contributed by atoms with Crippen molar-refractivity contribution in [3.8, 4) is 0 Å². The number of pyridine rings is 1. The van der Waals surface area contributed by atoms with Crippen molar-refractivity contribution >= 4 is 47.1 Å². The maximum absolute atomic E-state index is 12.4. The van der Waals surface area contributed by atoms with E-state index in [1.54, 1.807) is 21.9 Å². The first kappa shape index (κ1) is 20.7. The molecule has 3 heterocycles. The van der Waals surface area contributed by atoms with Gasteiger partial charge in [0, 0.05) is 25.3 Å². The van der Waals surface area contributed by atoms with Crippen LogP contribution in [0.5, 0.6) is 0 Å². The molecule has 28 heavy (non-hydrogen) atoms. The topological polar surface area (TPSA) is 91.8 Å². The van der Waals surface area contributed by atoms with E-state index in [-0.39, 0.29) is 41.6 Å². The Hall–Kier alpha value is -2.00. The highest BCUT2D eigenvalue weighted by molar-refractivity contribution is 8.00. The third kappa shape index (κ3) is 5.51. The van der Waals surface area contributed by atoms with Crippen LogP contribution in [0.2, 0.25) is 5.02 Å². The summed E-state index contributed by atoms with van der Waals surface area (Å²) in [6.07, 6.45) is 2.63. The van der Waals surface area contributed by atoms with Gasteiger partial charge >= 0.3 is 6.09 Å². The lowest BCUT2D eigenvalue weighted by molar-refractivity contribution is -0.129. The quantitative estimate of drug-likeness (QED) is 0.750. The molecule has 1 aromatic heterocycles. The lowest BCUT2D eigenvalue weighted by Crippen LogP contribution is -2.47. The van der Waals surface area contributed by atoms with Gasteiger partial charge in [-0.15, -0.1) is 11.8 Å². The Balaban J connectivity index is 1.35. The summed E-state index contributed by atoms with van der Waals surface area (Å²) in [7, 11) is 0. The number of carbonyl (C=O) groups excluding carboxylic acids is 3. The van der Waals surface area contributed by atoms with Crippen molar-refractivity contribution in [3.63, 3.8) is 0 Å². The number of cyclic esters (lactones) is 1. The number of rotatable bonds is 6. The number of piperidine rings is 1. The van der Waals surface area contributed by atoms with Crippen molar-refractivity contribution in [1.29, 1.82) is 0 Å². The minimum absolute atomic E-state index is 0.0123. The molecule has 1 unspecified atom stereocenters. The van der Waals surface area contributed by atoms with Gasteiger partial charge in [0.15, 0.2) is 0 Å². The zero-order valence-corrected chi connectivity index (χ0v) is 17.2. The summed E-state index contributed by atoms with van der Waals surface area (Å²) < 4.78 is 5.18. The third-order valence-corrected chi connectivity index (χ3v) is 5.84. The molecule has 0 bridgehead atoms. The number of hydrogen-bond donors (Lipinski definition) is 1. The highest BCUT2D eigenvalue weighted by atomic mass is 35.5. The normalized spacial score (nSPS) is 20.2. The maximum Gasteiger partial charge on any atom is 0.410 e. The van der Waals surface area contributed by atoms with Crippen LogP contribution in [-0.2, 0) is 14.3 Å². The van der Waals surface area contributed by atoms with Crippen LogP contribution in [0.1, 0.15) is 19.8 Å². The molecule has 0 aromatic carbocycles. The number of hydrogen-bond acceptors (Lipinski definition) is 6. The van der Waals surface area contributed by atoms with Gasteiger partial charge in [0.1, 0.15) is 11.9 Å². The van der Waals surface area contributed by atoms with E-state index >= 15 is 0 Å². The van der Waals surface area contributed by atoms with Crippen LogP contribution in [-0.4, -0.2) is 76.0 Å². The van der Waals surface area contributed by atoms with E-state index in [0.29, 0.717) is 30.5 Å². The van der Waals surface area contributed by atoms with Crippen LogP contribution in [0, 0.1) is 0 Å². The predicted octanol–water partition coefficient (Wildman–Crippen LogP) is 2.24. The zero-order chi connectivity index (χ0) is 20.1. The molecule has 2 aliphatic heterocycles. The number of aromatic nitrogens is 1. The first-order valence-corrected chi connectivity index (χ1v) is 10.7. The molecule has 0 aliphatic carbocycles. The minimum atomic E-state index is -0.256. The number of likely N-dealkylation sites (tertiary alicyclic amines) is 1. The largest absolute Gasteiger partial charge is 0.444 e. The first-order chi connectivity index (χ1) is 13.4. The van der Waals surface area contributed by atoms with Crippen molar-refractivity contribution in [2.45, 2.75) is 31.9 Å². The molecule has 152 valence electrons. The van der Waals surface area contributed by atoms with Gasteiger partial charge in [0.25, 0.3) is 0 Å². The predicted molar refractivity (Wildman–Crippen MR) is 107 cm³/mol. The monoisotopic (exact) mass is 426 g/mol. The smallest absolute Gasteiger partial charge is 0.410 e. The van der Waals surface area contributed by atoms with Crippen molar-refractivity contribution in [3.05, 3.63) is 23.4 Å². The van der Waals surface area contributed by atoms with E-state index in [1.165, 1.54) is 18.0 Å². The lowest BCUT2D eigenvalue weighted by atomic mass is 10.0. The first-order valence-electron chi connectivity index (χ1n) is 9.16. The third-order valence-electron chi connectivity index (χ3n) is 4.70. The summed E-state index contributed by atoms with van der Waals surface area (Å²) in [5.41, 5.74) is 0. The zero-order valence-electron chi connectivity index (χ0n) is 15.6. The maximum atomic E-state index is 12.4. The summed E-state index contributed by atoms with van der Waals surface area (Å²) >= 11 is 7.02. The van der Waals surface area contributed by atoms with Gasteiger partial charge in [-0.05, 0) is 31.9 Å². The van der Waals surface area contributed by atoms with E-state index in [0.717, 1.165) is 12.8 Å². The fourth-order valence-corrected chi connectivity index (χ4v) is 4.13. The summed E-state index contributed by atoms with van der Waals surface area (Å²) in [6.45, 7) is 3.73. The molecule has 2 fully saturated rings. The molecule has 2 saturated heterocycles. The lowest BCUT2D eigenvalue weighted by Gasteiger charge is -2.35. The van der Waals surface area contributed by atoms with Crippen molar-refractivity contribution < 1.29 is 19.1 Å². The second-order valence-electron chi connectivity index (χ2n) is 6.86. The van der Waals surface area contributed by atoms with Crippen LogP contribution >= 0.6 is 23.4 Å². The summed E-state index contributed by atoms with van der Waals surface area (Å²) in [6, 6.07) is 3.40. The second kappa shape index (κ2) is 9.47. The average molecular weight is 427 g/mol. The molecule has 1 aromatic rings. The number of anilines is 1. The second-order valence-corrected chi connectivity index (χ2v) is 8.28. The van der Waals surface area contributed by atoms with Gasteiger partial charge in [-0.1, -0.05) is 11.6 Å². The SMILES string of the molecule is CC1CN(C2CCN(C(=O)CSCC(=O)Nc3ccc(Cl)cn3)CC2)C(=O)O1. The van der Waals surface area contributed by atoms with Gasteiger partial charge in [-0.25, -0.2) is 9.78 Å². The number of nitrogens with zero attached hydrogens (tertiary/aromatic N) is 3. The molecule has 10 heteroatoms. The Bertz CT molecular complexity index is 725. The van der Waals surface area contributed by atoms with Crippen LogP contribution in [0.15, 0.2) is 18.3 Å². The van der Waals surface area contributed by atoms with Gasteiger partial charge < -0.3 is 19.9 Å². The Kier molecular flexibility index (Phi) is 7.01. The van der Waals surface area contributed by atoms with E-state index in [2.05, 4.69) is 10.3 Å². The van der Waals surface area contributed by atoms with E-state index in [1.807, 2.05) is 6.92 Å². The van der Waals surface area contributed by atoms with Crippen LogP contribution < -0.4 is 5.32 Å².